The Kier molecular flexibility index (Phi) is 2.14. The summed E-state index contributed by atoms with van der Waals surface area (Å²) < 4.78 is 17.5. The second-order valence-corrected chi connectivity index (χ2v) is 2.22. The predicted octanol–water partition coefficient (Wildman–Crippen LogP) is 1.46. The Balaban J connectivity index is 3.25. The first kappa shape index (κ1) is 8.07. The summed E-state index contributed by atoms with van der Waals surface area (Å²) in [4.78, 5) is 3.50. The van der Waals surface area contributed by atoms with Crippen molar-refractivity contribution in [2.75, 3.05) is 12.8 Å². The first-order chi connectivity index (χ1) is 5.16. The maximum atomic E-state index is 12.8. The molecule has 3 nitrogen and oxygen atoms in total. The number of hydrogen-bond donors (Lipinski definition) is 1. The molecule has 11 heavy (non-hydrogen) atoms. The fourth-order valence-corrected chi connectivity index (χ4v) is 0.827. The minimum Gasteiger partial charge on any atom is -0.493 e. The summed E-state index contributed by atoms with van der Waals surface area (Å²) in [7, 11) is 1.37. The molecule has 0 saturated heterocycles. The lowest BCUT2D eigenvalue weighted by molar-refractivity contribution is 0.409. The van der Waals surface area contributed by atoms with Crippen LogP contribution in [0.25, 0.3) is 0 Å². The van der Waals surface area contributed by atoms with E-state index in [9.17, 15) is 4.39 Å². The number of nitrogens with zero attached hydrogens (tertiary/aromatic N) is 1. The first-order valence-electron chi connectivity index (χ1n) is 2.80. The number of pyridine rings is 1. The van der Waals surface area contributed by atoms with Gasteiger partial charge in [-0.1, -0.05) is 11.6 Å². The summed E-state index contributed by atoms with van der Waals surface area (Å²) in [6, 6.07) is 0. The molecule has 2 N–H and O–H groups in total. The van der Waals surface area contributed by atoms with Crippen molar-refractivity contribution in [3.05, 3.63) is 17.0 Å². The number of methoxy groups -OCH3 is 1. The first-order valence-corrected chi connectivity index (χ1v) is 3.18. The van der Waals surface area contributed by atoms with Gasteiger partial charge < -0.3 is 10.5 Å². The standard InChI is InChI=1S/C6H6ClFN2O/c1-11-3-2-10-6(9)5(8)4(3)7/h2H,1H3,(H2,9,10). The molecule has 0 aliphatic carbocycles. The molecule has 60 valence electrons. The molecule has 0 saturated carbocycles. The van der Waals surface area contributed by atoms with Crippen LogP contribution in [0.15, 0.2) is 6.20 Å². The van der Waals surface area contributed by atoms with E-state index in [1.54, 1.807) is 0 Å². The van der Waals surface area contributed by atoms with Gasteiger partial charge in [0.15, 0.2) is 17.4 Å². The van der Waals surface area contributed by atoms with E-state index >= 15 is 0 Å². The van der Waals surface area contributed by atoms with Gasteiger partial charge in [0.05, 0.1) is 13.3 Å². The van der Waals surface area contributed by atoms with Crippen molar-refractivity contribution >= 4 is 17.4 Å². The second-order valence-electron chi connectivity index (χ2n) is 1.84. The van der Waals surface area contributed by atoms with Gasteiger partial charge >= 0.3 is 0 Å². The van der Waals surface area contributed by atoms with Crippen LogP contribution in [0.3, 0.4) is 0 Å². The number of aromatic nitrogens is 1. The topological polar surface area (TPSA) is 48.1 Å². The van der Waals surface area contributed by atoms with E-state index < -0.39 is 5.82 Å². The Bertz CT molecular complexity index is 280. The molecule has 1 rings (SSSR count). The van der Waals surface area contributed by atoms with Crippen LogP contribution in [-0.2, 0) is 0 Å². The molecule has 0 aliphatic rings. The molecule has 0 amide bonds. The zero-order valence-corrected chi connectivity index (χ0v) is 6.52. The maximum Gasteiger partial charge on any atom is 0.187 e. The molecule has 1 aromatic heterocycles. The Hall–Kier alpha value is -1.03. The number of hydrogen-bond acceptors (Lipinski definition) is 3. The summed E-state index contributed by atoms with van der Waals surface area (Å²) in [5.41, 5.74) is 5.12. The third-order valence-electron chi connectivity index (χ3n) is 1.17. The van der Waals surface area contributed by atoms with Gasteiger partial charge in [0.2, 0.25) is 0 Å². The molecule has 0 atom stereocenters. The van der Waals surface area contributed by atoms with Crippen LogP contribution < -0.4 is 10.5 Å². The largest absolute Gasteiger partial charge is 0.493 e. The molecule has 0 radical (unpaired) electrons. The van der Waals surface area contributed by atoms with E-state index in [1.165, 1.54) is 13.3 Å². The van der Waals surface area contributed by atoms with Crippen molar-refractivity contribution in [3.63, 3.8) is 0 Å². The number of rotatable bonds is 1. The SMILES string of the molecule is COc1cnc(N)c(F)c1Cl. The Morgan fingerprint density at radius 3 is 2.91 bits per heavy atom. The number of ether oxygens (including phenoxy) is 1. The molecule has 0 aliphatic heterocycles. The Morgan fingerprint density at radius 2 is 2.36 bits per heavy atom. The Labute approximate surface area is 67.9 Å². The monoisotopic (exact) mass is 176 g/mol. The highest BCUT2D eigenvalue weighted by molar-refractivity contribution is 6.32. The van der Waals surface area contributed by atoms with E-state index in [-0.39, 0.29) is 16.6 Å². The minimum atomic E-state index is -0.744. The van der Waals surface area contributed by atoms with Crippen LogP contribution in [0.4, 0.5) is 10.2 Å². The lowest BCUT2D eigenvalue weighted by atomic mass is 10.4. The van der Waals surface area contributed by atoms with Crippen molar-refractivity contribution in [1.82, 2.24) is 4.98 Å². The summed E-state index contributed by atoms with van der Waals surface area (Å²) in [5, 5.41) is -0.139. The van der Waals surface area contributed by atoms with E-state index in [0.29, 0.717) is 0 Å². The molecular weight excluding hydrogens is 171 g/mol. The van der Waals surface area contributed by atoms with Gasteiger partial charge in [-0.05, 0) is 0 Å². The Morgan fingerprint density at radius 1 is 1.73 bits per heavy atom. The third kappa shape index (κ3) is 1.35. The van der Waals surface area contributed by atoms with Crippen LogP contribution in [0.2, 0.25) is 5.02 Å². The quantitative estimate of drug-likeness (QED) is 0.705. The summed E-state index contributed by atoms with van der Waals surface area (Å²) in [6.45, 7) is 0. The van der Waals surface area contributed by atoms with Crippen LogP contribution in [0.5, 0.6) is 5.75 Å². The van der Waals surface area contributed by atoms with Gasteiger partial charge in [0.1, 0.15) is 5.02 Å². The average Bonchev–Trinajstić information content (AvgIpc) is 2.01. The van der Waals surface area contributed by atoms with Crippen LogP contribution in [0, 0.1) is 5.82 Å². The van der Waals surface area contributed by atoms with Crippen LogP contribution in [-0.4, -0.2) is 12.1 Å². The second kappa shape index (κ2) is 2.92. The van der Waals surface area contributed by atoms with Crippen LogP contribution in [0.1, 0.15) is 0 Å². The maximum absolute atomic E-state index is 12.8. The van der Waals surface area contributed by atoms with Gasteiger partial charge in [-0.25, -0.2) is 9.37 Å². The molecule has 0 unspecified atom stereocenters. The van der Waals surface area contributed by atoms with Gasteiger partial charge in [-0.2, -0.15) is 0 Å². The highest BCUT2D eigenvalue weighted by Gasteiger charge is 2.10. The van der Waals surface area contributed by atoms with Crippen molar-refractivity contribution in [2.24, 2.45) is 0 Å². The smallest absolute Gasteiger partial charge is 0.187 e. The number of nitrogens with two attached hydrogens (primary N) is 1. The minimum absolute atomic E-state index is 0.139. The van der Waals surface area contributed by atoms with Gasteiger partial charge in [-0.15, -0.1) is 0 Å². The fourth-order valence-electron chi connectivity index (χ4n) is 0.604. The summed E-state index contributed by atoms with van der Waals surface area (Å²) in [6.07, 6.45) is 1.26. The zero-order valence-electron chi connectivity index (χ0n) is 5.77. The molecule has 1 aromatic rings. The van der Waals surface area contributed by atoms with Crippen molar-refractivity contribution in [2.45, 2.75) is 0 Å². The molecule has 5 heteroatoms. The van der Waals surface area contributed by atoms with E-state index in [4.69, 9.17) is 22.1 Å². The zero-order chi connectivity index (χ0) is 8.43. The number of anilines is 1. The number of nitrogen functional groups attached to an aromatic ring is 1. The normalized spacial score (nSPS) is 9.73. The van der Waals surface area contributed by atoms with Gasteiger partial charge in [0, 0.05) is 0 Å². The highest BCUT2D eigenvalue weighted by Crippen LogP contribution is 2.28. The molecule has 0 fully saturated rings. The average molecular weight is 177 g/mol. The molecular formula is C6H6ClFN2O. The molecule has 0 aromatic carbocycles. The fraction of sp³-hybridized carbons (Fsp3) is 0.167. The molecule has 0 bridgehead atoms. The summed E-state index contributed by atoms with van der Waals surface area (Å²) >= 11 is 5.48. The molecule has 1 heterocycles. The third-order valence-corrected chi connectivity index (χ3v) is 1.53. The van der Waals surface area contributed by atoms with Gasteiger partial charge in [0.25, 0.3) is 0 Å². The van der Waals surface area contributed by atoms with E-state index in [2.05, 4.69) is 4.98 Å². The predicted molar refractivity (Wildman–Crippen MR) is 40.2 cm³/mol. The van der Waals surface area contributed by atoms with E-state index in [1.807, 2.05) is 0 Å². The lowest BCUT2D eigenvalue weighted by Gasteiger charge is -2.03. The van der Waals surface area contributed by atoms with Gasteiger partial charge in [-0.3, -0.25) is 0 Å². The van der Waals surface area contributed by atoms with Crippen molar-refractivity contribution in [3.8, 4) is 5.75 Å². The van der Waals surface area contributed by atoms with Crippen LogP contribution >= 0.6 is 11.6 Å². The summed E-state index contributed by atoms with van der Waals surface area (Å²) in [5.74, 6) is -0.791. The molecule has 0 spiro atoms. The number of halogens is 2. The lowest BCUT2D eigenvalue weighted by Crippen LogP contribution is -1.97. The van der Waals surface area contributed by atoms with Crippen molar-refractivity contribution in [1.29, 1.82) is 0 Å². The van der Waals surface area contributed by atoms with E-state index in [0.717, 1.165) is 0 Å². The van der Waals surface area contributed by atoms with Crippen molar-refractivity contribution < 1.29 is 9.13 Å². The highest BCUT2D eigenvalue weighted by atomic mass is 35.5.